The summed E-state index contributed by atoms with van der Waals surface area (Å²) in [6.07, 6.45) is 1.65. The van der Waals surface area contributed by atoms with E-state index in [0.717, 1.165) is 11.3 Å². The molecule has 104 valence electrons. The number of nitrogens with one attached hydrogen (secondary N) is 1. The third-order valence-electron chi connectivity index (χ3n) is 3.01. The Morgan fingerprint density at radius 2 is 2.30 bits per heavy atom. The van der Waals surface area contributed by atoms with Gasteiger partial charge in [0.1, 0.15) is 12.3 Å². The van der Waals surface area contributed by atoms with Crippen LogP contribution in [0.3, 0.4) is 0 Å². The molecule has 0 atom stereocenters. The van der Waals surface area contributed by atoms with Crippen molar-refractivity contribution in [3.8, 4) is 5.75 Å². The van der Waals surface area contributed by atoms with Crippen molar-refractivity contribution in [3.63, 3.8) is 0 Å². The molecule has 0 bridgehead atoms. The third-order valence-corrected chi connectivity index (χ3v) is 3.33. The summed E-state index contributed by atoms with van der Waals surface area (Å²) in [6, 6.07) is 2.97. The van der Waals surface area contributed by atoms with Gasteiger partial charge >= 0.3 is 0 Å². The summed E-state index contributed by atoms with van der Waals surface area (Å²) in [5.41, 5.74) is 1.35. The Morgan fingerprint density at radius 3 is 2.95 bits per heavy atom. The van der Waals surface area contributed by atoms with Crippen LogP contribution in [0.5, 0.6) is 5.75 Å². The molecule has 7 heteroatoms. The minimum Gasteiger partial charge on any atom is -0.494 e. The average molecular weight is 293 g/mol. The summed E-state index contributed by atoms with van der Waals surface area (Å²) in [4.78, 5) is 7.10. The predicted molar refractivity (Wildman–Crippen MR) is 74.0 cm³/mol. The van der Waals surface area contributed by atoms with E-state index in [-0.39, 0.29) is 5.75 Å². The minimum atomic E-state index is -0.435. The maximum absolute atomic E-state index is 13.7. The summed E-state index contributed by atoms with van der Waals surface area (Å²) in [5, 5.41) is 0. The van der Waals surface area contributed by atoms with Crippen molar-refractivity contribution in [3.05, 3.63) is 40.6 Å². The molecular weight excluding hydrogens is 281 g/mol. The fourth-order valence-corrected chi connectivity index (χ4v) is 2.35. The van der Waals surface area contributed by atoms with Crippen LogP contribution in [0.1, 0.15) is 11.7 Å². The molecule has 0 saturated carbocycles. The maximum Gasteiger partial charge on any atom is 0.214 e. The molecule has 0 spiro atoms. The SMILES string of the molecule is COc1cc2c(cc1F)[nH]c(=S)n2Cc1ncc(C)o1. The number of ether oxygens (including phenoxy) is 1. The second-order valence-corrected chi connectivity index (χ2v) is 4.77. The molecule has 0 aliphatic rings. The first-order valence-electron chi connectivity index (χ1n) is 5.96. The van der Waals surface area contributed by atoms with E-state index in [1.165, 1.54) is 13.2 Å². The molecule has 0 aliphatic heterocycles. The highest BCUT2D eigenvalue weighted by Gasteiger charge is 2.12. The second kappa shape index (κ2) is 4.75. The van der Waals surface area contributed by atoms with Gasteiger partial charge in [0, 0.05) is 12.1 Å². The molecule has 20 heavy (non-hydrogen) atoms. The lowest BCUT2D eigenvalue weighted by Gasteiger charge is -2.04. The van der Waals surface area contributed by atoms with E-state index in [2.05, 4.69) is 9.97 Å². The smallest absolute Gasteiger partial charge is 0.214 e. The number of fused-ring (bicyclic) bond motifs is 1. The fraction of sp³-hybridized carbons (Fsp3) is 0.231. The van der Waals surface area contributed by atoms with Gasteiger partial charge in [-0.15, -0.1) is 0 Å². The van der Waals surface area contributed by atoms with Crippen LogP contribution in [0.2, 0.25) is 0 Å². The van der Waals surface area contributed by atoms with Crippen LogP contribution in [0, 0.1) is 17.5 Å². The number of rotatable bonds is 3. The summed E-state index contributed by atoms with van der Waals surface area (Å²) in [6.45, 7) is 2.20. The van der Waals surface area contributed by atoms with Crippen molar-refractivity contribution >= 4 is 23.3 Å². The van der Waals surface area contributed by atoms with E-state index in [1.54, 1.807) is 16.8 Å². The molecule has 1 N–H and O–H groups in total. The summed E-state index contributed by atoms with van der Waals surface area (Å²) in [5.74, 6) is 1.01. The van der Waals surface area contributed by atoms with Crippen LogP contribution in [0.25, 0.3) is 11.0 Å². The first kappa shape index (κ1) is 12.9. The number of aromatic amines is 1. The minimum absolute atomic E-state index is 0.170. The third kappa shape index (κ3) is 2.09. The van der Waals surface area contributed by atoms with E-state index in [1.807, 2.05) is 6.92 Å². The fourth-order valence-electron chi connectivity index (χ4n) is 2.08. The molecule has 0 amide bonds. The van der Waals surface area contributed by atoms with E-state index in [9.17, 15) is 4.39 Å². The van der Waals surface area contributed by atoms with Crippen LogP contribution in [-0.2, 0) is 6.54 Å². The molecular formula is C13H12FN3O2S. The molecule has 0 aliphatic carbocycles. The lowest BCUT2D eigenvalue weighted by molar-refractivity contribution is 0.387. The molecule has 0 fully saturated rings. The van der Waals surface area contributed by atoms with Crippen molar-refractivity contribution < 1.29 is 13.5 Å². The normalized spacial score (nSPS) is 11.2. The zero-order valence-electron chi connectivity index (χ0n) is 10.9. The highest BCUT2D eigenvalue weighted by atomic mass is 32.1. The molecule has 0 unspecified atom stereocenters. The highest BCUT2D eigenvalue weighted by molar-refractivity contribution is 7.71. The number of oxazole rings is 1. The van der Waals surface area contributed by atoms with E-state index < -0.39 is 5.82 Å². The van der Waals surface area contributed by atoms with Crippen LogP contribution in [0.4, 0.5) is 4.39 Å². The molecule has 3 aromatic rings. The van der Waals surface area contributed by atoms with Crippen LogP contribution < -0.4 is 4.74 Å². The number of hydrogen-bond donors (Lipinski definition) is 1. The largest absolute Gasteiger partial charge is 0.494 e. The number of methoxy groups -OCH3 is 1. The number of nitrogens with zero attached hydrogens (tertiary/aromatic N) is 2. The van der Waals surface area contributed by atoms with Crippen molar-refractivity contribution in [1.82, 2.24) is 14.5 Å². The van der Waals surface area contributed by atoms with E-state index >= 15 is 0 Å². The predicted octanol–water partition coefficient (Wildman–Crippen LogP) is 3.19. The molecule has 1 aromatic carbocycles. The number of aryl methyl sites for hydroxylation is 1. The summed E-state index contributed by atoms with van der Waals surface area (Å²) in [7, 11) is 1.42. The number of aromatic nitrogens is 3. The molecule has 2 heterocycles. The van der Waals surface area contributed by atoms with Crippen LogP contribution >= 0.6 is 12.2 Å². The van der Waals surface area contributed by atoms with Crippen molar-refractivity contribution in [1.29, 1.82) is 0 Å². The molecule has 0 radical (unpaired) electrons. The average Bonchev–Trinajstić information content (AvgIpc) is 2.94. The van der Waals surface area contributed by atoms with Gasteiger partial charge in [-0.2, -0.15) is 0 Å². The van der Waals surface area contributed by atoms with Crippen molar-refractivity contribution in [2.45, 2.75) is 13.5 Å². The van der Waals surface area contributed by atoms with Gasteiger partial charge in [0.15, 0.2) is 16.3 Å². The van der Waals surface area contributed by atoms with E-state index in [0.29, 0.717) is 22.7 Å². The van der Waals surface area contributed by atoms with Crippen LogP contribution in [0.15, 0.2) is 22.7 Å². The van der Waals surface area contributed by atoms with Gasteiger partial charge in [-0.3, -0.25) is 0 Å². The Balaban J connectivity index is 2.14. The first-order chi connectivity index (χ1) is 9.58. The monoisotopic (exact) mass is 293 g/mol. The van der Waals surface area contributed by atoms with Gasteiger partial charge in [-0.1, -0.05) is 0 Å². The molecule has 0 saturated heterocycles. The Kier molecular flexibility index (Phi) is 3.06. The Morgan fingerprint density at radius 1 is 1.50 bits per heavy atom. The number of benzene rings is 1. The lowest BCUT2D eigenvalue weighted by Crippen LogP contribution is -2.00. The number of H-pyrrole nitrogens is 1. The van der Waals surface area contributed by atoms with Crippen LogP contribution in [-0.4, -0.2) is 21.6 Å². The maximum atomic E-state index is 13.7. The number of hydrogen-bond acceptors (Lipinski definition) is 4. The van der Waals surface area contributed by atoms with Gasteiger partial charge in [0.25, 0.3) is 0 Å². The van der Waals surface area contributed by atoms with E-state index in [4.69, 9.17) is 21.4 Å². The van der Waals surface area contributed by atoms with Crippen molar-refractivity contribution in [2.75, 3.05) is 7.11 Å². The molecule has 2 aromatic heterocycles. The highest BCUT2D eigenvalue weighted by Crippen LogP contribution is 2.25. The summed E-state index contributed by atoms with van der Waals surface area (Å²) >= 11 is 5.26. The molecule has 5 nitrogen and oxygen atoms in total. The van der Waals surface area contributed by atoms with Gasteiger partial charge in [-0.25, -0.2) is 9.37 Å². The van der Waals surface area contributed by atoms with Gasteiger partial charge in [0.05, 0.1) is 24.3 Å². The van der Waals surface area contributed by atoms with Gasteiger partial charge in [-0.05, 0) is 19.1 Å². The molecule has 3 rings (SSSR count). The first-order valence-corrected chi connectivity index (χ1v) is 6.36. The summed E-state index contributed by atoms with van der Waals surface area (Å²) < 4.78 is 26.4. The Bertz CT molecular complexity index is 834. The second-order valence-electron chi connectivity index (χ2n) is 4.38. The van der Waals surface area contributed by atoms with Gasteiger partial charge < -0.3 is 18.7 Å². The number of imidazole rings is 1. The Hall–Kier alpha value is -2.15. The van der Waals surface area contributed by atoms with Gasteiger partial charge in [0.2, 0.25) is 5.89 Å². The standard InChI is InChI=1S/C13H12FN3O2S/c1-7-5-15-12(19-7)6-17-10-4-11(18-2)8(14)3-9(10)16-13(17)20/h3-5H,6H2,1-2H3,(H,16,20). The topological polar surface area (TPSA) is 56.0 Å². The number of halogens is 1. The Labute approximate surface area is 119 Å². The lowest BCUT2D eigenvalue weighted by atomic mass is 10.3. The van der Waals surface area contributed by atoms with Crippen molar-refractivity contribution in [2.24, 2.45) is 0 Å². The quantitative estimate of drug-likeness (QED) is 0.753. The zero-order valence-corrected chi connectivity index (χ0v) is 11.8. The zero-order chi connectivity index (χ0) is 14.3.